The number of rotatable bonds is 7. The predicted molar refractivity (Wildman–Crippen MR) is 104 cm³/mol. The van der Waals surface area contributed by atoms with Crippen LogP contribution in [0.4, 0.5) is 5.69 Å². The SMILES string of the molecule is Cc1ccc(SCCN(C)CC(=O)Nc2ccccc2Cl)cc1C. The van der Waals surface area contributed by atoms with Gasteiger partial charge in [0, 0.05) is 17.2 Å². The maximum absolute atomic E-state index is 12.1. The normalized spacial score (nSPS) is 10.9. The van der Waals surface area contributed by atoms with Gasteiger partial charge in [-0.2, -0.15) is 0 Å². The molecule has 24 heavy (non-hydrogen) atoms. The van der Waals surface area contributed by atoms with E-state index in [2.05, 4.69) is 37.4 Å². The van der Waals surface area contributed by atoms with Gasteiger partial charge in [0.1, 0.15) is 0 Å². The van der Waals surface area contributed by atoms with E-state index in [-0.39, 0.29) is 5.91 Å². The van der Waals surface area contributed by atoms with Gasteiger partial charge in [0.25, 0.3) is 0 Å². The third kappa shape index (κ3) is 5.86. The van der Waals surface area contributed by atoms with Crippen molar-refractivity contribution >= 4 is 35.0 Å². The zero-order valence-electron chi connectivity index (χ0n) is 14.3. The Labute approximate surface area is 153 Å². The first-order chi connectivity index (χ1) is 11.5. The molecule has 0 atom stereocenters. The Morgan fingerprint density at radius 2 is 1.92 bits per heavy atom. The lowest BCUT2D eigenvalue weighted by Gasteiger charge is -2.16. The lowest BCUT2D eigenvalue weighted by molar-refractivity contribution is -0.117. The molecule has 0 unspecified atom stereocenters. The summed E-state index contributed by atoms with van der Waals surface area (Å²) in [6.07, 6.45) is 0. The van der Waals surface area contributed by atoms with Gasteiger partial charge in [0.15, 0.2) is 0 Å². The predicted octanol–water partition coefficient (Wildman–Crippen LogP) is 4.62. The fourth-order valence-electron chi connectivity index (χ4n) is 2.20. The van der Waals surface area contributed by atoms with E-state index in [1.807, 2.05) is 35.8 Å². The molecule has 0 heterocycles. The Morgan fingerprint density at radius 3 is 2.62 bits per heavy atom. The molecule has 0 aliphatic carbocycles. The third-order valence-electron chi connectivity index (χ3n) is 3.78. The van der Waals surface area contributed by atoms with Gasteiger partial charge in [0.05, 0.1) is 17.3 Å². The number of nitrogens with one attached hydrogen (secondary N) is 1. The molecule has 128 valence electrons. The van der Waals surface area contributed by atoms with Gasteiger partial charge in [-0.05, 0) is 56.3 Å². The summed E-state index contributed by atoms with van der Waals surface area (Å²) in [5, 5.41) is 3.40. The van der Waals surface area contributed by atoms with Crippen LogP contribution in [0.1, 0.15) is 11.1 Å². The van der Waals surface area contributed by atoms with Gasteiger partial charge in [-0.3, -0.25) is 9.69 Å². The number of halogens is 1. The number of benzene rings is 2. The van der Waals surface area contributed by atoms with Crippen LogP contribution in [0.2, 0.25) is 5.02 Å². The Balaban J connectivity index is 1.74. The third-order valence-corrected chi connectivity index (χ3v) is 5.09. The molecular formula is C19H23ClN2OS. The average Bonchev–Trinajstić information content (AvgIpc) is 2.53. The molecule has 0 saturated carbocycles. The first kappa shape index (κ1) is 18.8. The Kier molecular flexibility index (Phi) is 7.16. The number of thioether (sulfide) groups is 1. The maximum atomic E-state index is 12.1. The van der Waals surface area contributed by atoms with Crippen LogP contribution < -0.4 is 5.32 Å². The zero-order valence-corrected chi connectivity index (χ0v) is 15.9. The van der Waals surface area contributed by atoms with E-state index in [9.17, 15) is 4.79 Å². The highest BCUT2D eigenvalue weighted by atomic mass is 35.5. The highest BCUT2D eigenvalue weighted by Crippen LogP contribution is 2.21. The van der Waals surface area contributed by atoms with Crippen LogP contribution in [0.5, 0.6) is 0 Å². The van der Waals surface area contributed by atoms with Crippen molar-refractivity contribution in [3.8, 4) is 0 Å². The fourth-order valence-corrected chi connectivity index (χ4v) is 3.45. The summed E-state index contributed by atoms with van der Waals surface area (Å²) in [6.45, 7) is 5.44. The molecular weight excluding hydrogens is 340 g/mol. The molecule has 1 amide bonds. The summed E-state index contributed by atoms with van der Waals surface area (Å²) in [7, 11) is 1.95. The fraction of sp³-hybridized carbons (Fsp3) is 0.316. The molecule has 2 aromatic carbocycles. The van der Waals surface area contributed by atoms with Crippen molar-refractivity contribution in [3.63, 3.8) is 0 Å². The monoisotopic (exact) mass is 362 g/mol. The lowest BCUT2D eigenvalue weighted by atomic mass is 10.1. The van der Waals surface area contributed by atoms with E-state index in [1.54, 1.807) is 12.1 Å². The quantitative estimate of drug-likeness (QED) is 0.729. The summed E-state index contributed by atoms with van der Waals surface area (Å²) in [5.41, 5.74) is 3.28. The second kappa shape index (κ2) is 9.11. The number of hydrogen-bond acceptors (Lipinski definition) is 3. The van der Waals surface area contributed by atoms with Gasteiger partial charge in [0.2, 0.25) is 5.91 Å². The highest BCUT2D eigenvalue weighted by molar-refractivity contribution is 7.99. The van der Waals surface area contributed by atoms with E-state index in [0.29, 0.717) is 17.3 Å². The molecule has 5 heteroatoms. The number of nitrogens with zero attached hydrogens (tertiary/aromatic N) is 1. The number of likely N-dealkylation sites (N-methyl/N-ethyl adjacent to an activating group) is 1. The number of anilines is 1. The number of carbonyl (C=O) groups is 1. The Hall–Kier alpha value is -1.49. The van der Waals surface area contributed by atoms with Gasteiger partial charge < -0.3 is 5.32 Å². The molecule has 0 radical (unpaired) electrons. The largest absolute Gasteiger partial charge is 0.324 e. The summed E-state index contributed by atoms with van der Waals surface area (Å²) < 4.78 is 0. The highest BCUT2D eigenvalue weighted by Gasteiger charge is 2.09. The van der Waals surface area contributed by atoms with Crippen LogP contribution in [-0.4, -0.2) is 36.7 Å². The van der Waals surface area contributed by atoms with Gasteiger partial charge >= 0.3 is 0 Å². The number of para-hydroxylation sites is 1. The van der Waals surface area contributed by atoms with E-state index in [1.165, 1.54) is 16.0 Å². The molecule has 2 aromatic rings. The van der Waals surface area contributed by atoms with Crippen LogP contribution in [0.15, 0.2) is 47.4 Å². The van der Waals surface area contributed by atoms with Crippen molar-refractivity contribution in [1.29, 1.82) is 0 Å². The van der Waals surface area contributed by atoms with Gasteiger partial charge in [-0.25, -0.2) is 0 Å². The van der Waals surface area contributed by atoms with E-state index in [0.717, 1.165) is 12.3 Å². The van der Waals surface area contributed by atoms with Crippen molar-refractivity contribution in [3.05, 3.63) is 58.6 Å². The number of hydrogen-bond donors (Lipinski definition) is 1. The molecule has 0 fully saturated rings. The molecule has 0 bridgehead atoms. The summed E-state index contributed by atoms with van der Waals surface area (Å²) >= 11 is 7.86. The van der Waals surface area contributed by atoms with Crippen molar-refractivity contribution in [2.24, 2.45) is 0 Å². The summed E-state index contributed by atoms with van der Waals surface area (Å²) in [6, 6.07) is 13.8. The van der Waals surface area contributed by atoms with Crippen molar-refractivity contribution in [1.82, 2.24) is 4.90 Å². The van der Waals surface area contributed by atoms with E-state index in [4.69, 9.17) is 11.6 Å². The first-order valence-electron chi connectivity index (χ1n) is 7.88. The van der Waals surface area contributed by atoms with Crippen LogP contribution in [-0.2, 0) is 4.79 Å². The minimum atomic E-state index is -0.0539. The van der Waals surface area contributed by atoms with E-state index >= 15 is 0 Å². The molecule has 0 aromatic heterocycles. The standard InChI is InChI=1S/C19H23ClN2OS/c1-14-8-9-16(12-15(14)2)24-11-10-22(3)13-19(23)21-18-7-5-4-6-17(18)20/h4-9,12H,10-11,13H2,1-3H3,(H,21,23). The van der Waals surface area contributed by atoms with Crippen LogP contribution >= 0.6 is 23.4 Å². The maximum Gasteiger partial charge on any atom is 0.238 e. The summed E-state index contributed by atoms with van der Waals surface area (Å²) in [4.78, 5) is 15.4. The van der Waals surface area contributed by atoms with Crippen LogP contribution in [0, 0.1) is 13.8 Å². The number of carbonyl (C=O) groups excluding carboxylic acids is 1. The van der Waals surface area contributed by atoms with Crippen molar-refractivity contribution < 1.29 is 4.79 Å². The second-order valence-electron chi connectivity index (χ2n) is 5.86. The molecule has 0 saturated heterocycles. The van der Waals surface area contributed by atoms with Crippen LogP contribution in [0.3, 0.4) is 0 Å². The Bertz CT molecular complexity index is 706. The Morgan fingerprint density at radius 1 is 1.17 bits per heavy atom. The van der Waals surface area contributed by atoms with Crippen molar-refractivity contribution in [2.45, 2.75) is 18.7 Å². The lowest BCUT2D eigenvalue weighted by Crippen LogP contribution is -2.31. The minimum absolute atomic E-state index is 0.0539. The smallest absolute Gasteiger partial charge is 0.238 e. The van der Waals surface area contributed by atoms with Gasteiger partial charge in [-0.1, -0.05) is 29.8 Å². The molecule has 0 aliphatic heterocycles. The topological polar surface area (TPSA) is 32.3 Å². The van der Waals surface area contributed by atoms with Gasteiger partial charge in [-0.15, -0.1) is 11.8 Å². The minimum Gasteiger partial charge on any atom is -0.324 e. The van der Waals surface area contributed by atoms with E-state index < -0.39 is 0 Å². The van der Waals surface area contributed by atoms with Crippen molar-refractivity contribution in [2.75, 3.05) is 31.2 Å². The number of amides is 1. The zero-order chi connectivity index (χ0) is 17.5. The molecule has 2 rings (SSSR count). The molecule has 0 spiro atoms. The average molecular weight is 363 g/mol. The molecule has 3 nitrogen and oxygen atoms in total. The molecule has 1 N–H and O–H groups in total. The first-order valence-corrected chi connectivity index (χ1v) is 9.25. The summed E-state index contributed by atoms with van der Waals surface area (Å²) in [5.74, 6) is 0.889. The second-order valence-corrected chi connectivity index (χ2v) is 7.44. The number of aryl methyl sites for hydroxylation is 2. The van der Waals surface area contributed by atoms with Crippen LogP contribution in [0.25, 0.3) is 0 Å². The molecule has 0 aliphatic rings.